The molecule has 0 fully saturated rings. The van der Waals surface area contributed by atoms with Crippen molar-refractivity contribution in [1.82, 2.24) is 20.1 Å². The highest BCUT2D eigenvalue weighted by molar-refractivity contribution is 5.78. The normalized spacial score (nSPS) is 12.7. The van der Waals surface area contributed by atoms with Gasteiger partial charge in [0.05, 0.1) is 22.9 Å². The number of aryl methyl sites for hydroxylation is 1. The molecule has 0 spiro atoms. The van der Waals surface area contributed by atoms with Gasteiger partial charge in [0.25, 0.3) is 0 Å². The largest absolute Gasteiger partial charge is 0.307 e. The summed E-state index contributed by atoms with van der Waals surface area (Å²) in [5.41, 5.74) is 2.98. The number of para-hydroxylation sites is 1. The molecule has 0 saturated heterocycles. The molecule has 1 unspecified atom stereocenters. The Bertz CT molecular complexity index is 702. The third kappa shape index (κ3) is 2.22. The fraction of sp³-hybridized carbons (Fsp3) is 0.200. The Labute approximate surface area is 112 Å². The van der Waals surface area contributed by atoms with Gasteiger partial charge in [-0.2, -0.15) is 5.10 Å². The van der Waals surface area contributed by atoms with E-state index in [0.29, 0.717) is 0 Å². The number of hydrogen-bond donors (Lipinski definition) is 1. The number of fused-ring (bicyclic) bond motifs is 1. The molecule has 1 aromatic carbocycles. The summed E-state index contributed by atoms with van der Waals surface area (Å²) in [5, 5.41) is 8.88. The van der Waals surface area contributed by atoms with Crippen molar-refractivity contribution in [3.05, 3.63) is 60.0 Å². The zero-order chi connectivity index (χ0) is 13.2. The summed E-state index contributed by atoms with van der Waals surface area (Å²) in [6.07, 6.45) is 1.95. The van der Waals surface area contributed by atoms with E-state index in [0.717, 1.165) is 22.3 Å². The van der Waals surface area contributed by atoms with Crippen LogP contribution in [0.1, 0.15) is 17.4 Å². The molecule has 4 nitrogen and oxygen atoms in total. The zero-order valence-corrected chi connectivity index (χ0v) is 11.0. The maximum Gasteiger partial charge on any atom is 0.0941 e. The van der Waals surface area contributed by atoms with Crippen LogP contribution in [0.5, 0.6) is 0 Å². The topological polar surface area (TPSA) is 42.7 Å². The van der Waals surface area contributed by atoms with E-state index in [1.807, 2.05) is 44.6 Å². The second-order valence-corrected chi connectivity index (χ2v) is 4.56. The van der Waals surface area contributed by atoms with Gasteiger partial charge in [0.2, 0.25) is 0 Å². The molecule has 2 heterocycles. The first-order valence-corrected chi connectivity index (χ1v) is 6.30. The maximum atomic E-state index is 4.72. The average Bonchev–Trinajstić information content (AvgIpc) is 2.86. The van der Waals surface area contributed by atoms with Crippen molar-refractivity contribution in [3.63, 3.8) is 0 Å². The van der Waals surface area contributed by atoms with Crippen molar-refractivity contribution in [3.8, 4) is 0 Å². The van der Waals surface area contributed by atoms with Crippen molar-refractivity contribution >= 4 is 10.9 Å². The standard InChI is InChI=1S/C15H16N4/c1-16-15(14-9-10-19(2)18-14)13-8-7-11-5-3-4-6-12(11)17-13/h3-10,15-16H,1-2H3. The highest BCUT2D eigenvalue weighted by Gasteiger charge is 2.16. The minimum absolute atomic E-state index is 0.0193. The molecule has 1 atom stereocenters. The van der Waals surface area contributed by atoms with Gasteiger partial charge in [0.15, 0.2) is 0 Å². The van der Waals surface area contributed by atoms with Crippen LogP contribution >= 0.6 is 0 Å². The molecule has 0 saturated carbocycles. The van der Waals surface area contributed by atoms with Crippen LogP contribution < -0.4 is 5.32 Å². The van der Waals surface area contributed by atoms with E-state index in [9.17, 15) is 0 Å². The molecule has 96 valence electrons. The zero-order valence-electron chi connectivity index (χ0n) is 11.0. The van der Waals surface area contributed by atoms with Gasteiger partial charge in [-0.05, 0) is 25.2 Å². The second-order valence-electron chi connectivity index (χ2n) is 4.56. The van der Waals surface area contributed by atoms with Gasteiger partial charge in [0.1, 0.15) is 0 Å². The highest BCUT2D eigenvalue weighted by Crippen LogP contribution is 2.21. The Kier molecular flexibility index (Phi) is 3.01. The van der Waals surface area contributed by atoms with Crippen LogP contribution in [0.3, 0.4) is 0 Å². The first-order valence-electron chi connectivity index (χ1n) is 6.30. The molecule has 1 N–H and O–H groups in total. The molecule has 0 radical (unpaired) electrons. The number of benzene rings is 1. The van der Waals surface area contributed by atoms with Gasteiger partial charge in [-0.25, -0.2) is 0 Å². The Hall–Kier alpha value is -2.20. The number of nitrogens with one attached hydrogen (secondary N) is 1. The summed E-state index contributed by atoms with van der Waals surface area (Å²) >= 11 is 0. The van der Waals surface area contributed by atoms with E-state index < -0.39 is 0 Å². The summed E-state index contributed by atoms with van der Waals surface area (Å²) in [5.74, 6) is 0. The fourth-order valence-electron chi connectivity index (χ4n) is 2.28. The van der Waals surface area contributed by atoms with Gasteiger partial charge in [-0.3, -0.25) is 9.67 Å². The Morgan fingerprint density at radius 3 is 2.63 bits per heavy atom. The number of pyridine rings is 1. The Balaban J connectivity index is 2.06. The van der Waals surface area contributed by atoms with Gasteiger partial charge < -0.3 is 5.32 Å². The van der Waals surface area contributed by atoms with Gasteiger partial charge in [-0.15, -0.1) is 0 Å². The molecule has 4 heteroatoms. The van der Waals surface area contributed by atoms with Crippen LogP contribution in [0.25, 0.3) is 10.9 Å². The third-order valence-electron chi connectivity index (χ3n) is 3.23. The van der Waals surface area contributed by atoms with Crippen LogP contribution in [-0.4, -0.2) is 21.8 Å². The van der Waals surface area contributed by atoms with Crippen LogP contribution in [-0.2, 0) is 7.05 Å². The number of hydrogen-bond acceptors (Lipinski definition) is 3. The lowest BCUT2D eigenvalue weighted by Gasteiger charge is -2.13. The van der Waals surface area contributed by atoms with Gasteiger partial charge in [-0.1, -0.05) is 24.3 Å². The molecule has 19 heavy (non-hydrogen) atoms. The van der Waals surface area contributed by atoms with Crippen molar-refractivity contribution in [2.45, 2.75) is 6.04 Å². The maximum absolute atomic E-state index is 4.72. The molecule has 3 aromatic rings. The quantitative estimate of drug-likeness (QED) is 0.777. The predicted octanol–water partition coefficient (Wildman–Crippen LogP) is 2.28. The Morgan fingerprint density at radius 2 is 1.89 bits per heavy atom. The molecule has 0 aliphatic rings. The molecule has 0 aliphatic heterocycles. The summed E-state index contributed by atoms with van der Waals surface area (Å²) < 4.78 is 1.81. The first-order chi connectivity index (χ1) is 9.28. The molecule has 3 rings (SSSR count). The lowest BCUT2D eigenvalue weighted by Crippen LogP contribution is -2.19. The van der Waals surface area contributed by atoms with Crippen LogP contribution in [0.4, 0.5) is 0 Å². The molecule has 0 amide bonds. The van der Waals surface area contributed by atoms with Crippen molar-refractivity contribution in [2.24, 2.45) is 7.05 Å². The van der Waals surface area contributed by atoms with E-state index in [-0.39, 0.29) is 6.04 Å². The summed E-state index contributed by atoms with van der Waals surface area (Å²) in [4.78, 5) is 4.72. The number of rotatable bonds is 3. The summed E-state index contributed by atoms with van der Waals surface area (Å²) in [7, 11) is 3.85. The minimum Gasteiger partial charge on any atom is -0.307 e. The van der Waals surface area contributed by atoms with E-state index in [2.05, 4.69) is 28.6 Å². The van der Waals surface area contributed by atoms with E-state index >= 15 is 0 Å². The number of nitrogens with zero attached hydrogens (tertiary/aromatic N) is 3. The lowest BCUT2D eigenvalue weighted by molar-refractivity contribution is 0.630. The molecular weight excluding hydrogens is 236 g/mol. The fourth-order valence-corrected chi connectivity index (χ4v) is 2.28. The van der Waals surface area contributed by atoms with Gasteiger partial charge >= 0.3 is 0 Å². The first kappa shape index (κ1) is 11.9. The van der Waals surface area contributed by atoms with Crippen molar-refractivity contribution < 1.29 is 0 Å². The van der Waals surface area contributed by atoms with Crippen LogP contribution in [0, 0.1) is 0 Å². The SMILES string of the molecule is CNC(c1ccc2ccccc2n1)c1ccn(C)n1. The van der Waals surface area contributed by atoms with E-state index in [1.54, 1.807) is 4.68 Å². The predicted molar refractivity (Wildman–Crippen MR) is 75.9 cm³/mol. The molecule has 2 aromatic heterocycles. The second kappa shape index (κ2) is 4.82. The summed E-state index contributed by atoms with van der Waals surface area (Å²) in [6, 6.07) is 14.3. The average molecular weight is 252 g/mol. The third-order valence-corrected chi connectivity index (χ3v) is 3.23. The smallest absolute Gasteiger partial charge is 0.0941 e. The Morgan fingerprint density at radius 1 is 1.05 bits per heavy atom. The number of aromatic nitrogens is 3. The minimum atomic E-state index is 0.0193. The molecule has 0 bridgehead atoms. The van der Waals surface area contributed by atoms with E-state index in [4.69, 9.17) is 4.98 Å². The molecular formula is C15H16N4. The van der Waals surface area contributed by atoms with Crippen LogP contribution in [0.2, 0.25) is 0 Å². The van der Waals surface area contributed by atoms with Gasteiger partial charge in [0, 0.05) is 18.6 Å². The van der Waals surface area contributed by atoms with Crippen molar-refractivity contribution in [1.29, 1.82) is 0 Å². The van der Waals surface area contributed by atoms with Crippen LogP contribution in [0.15, 0.2) is 48.7 Å². The van der Waals surface area contributed by atoms with Crippen molar-refractivity contribution in [2.75, 3.05) is 7.05 Å². The lowest BCUT2D eigenvalue weighted by atomic mass is 10.1. The highest BCUT2D eigenvalue weighted by atomic mass is 15.3. The summed E-state index contributed by atoms with van der Waals surface area (Å²) in [6.45, 7) is 0. The van der Waals surface area contributed by atoms with E-state index in [1.165, 1.54) is 0 Å². The monoisotopic (exact) mass is 252 g/mol. The molecule has 0 aliphatic carbocycles.